The Bertz CT molecular complexity index is 238. The van der Waals surface area contributed by atoms with Gasteiger partial charge in [0.25, 0.3) is 0 Å². The fourth-order valence-electron chi connectivity index (χ4n) is 0.939. The van der Waals surface area contributed by atoms with E-state index in [0.29, 0.717) is 5.56 Å². The third-order valence-electron chi connectivity index (χ3n) is 1.45. The molecule has 0 saturated carbocycles. The van der Waals surface area contributed by atoms with Crippen LogP contribution in [0.5, 0.6) is 5.75 Å². The normalized spacial score (nSPS) is 13.0. The molecule has 0 amide bonds. The summed E-state index contributed by atoms with van der Waals surface area (Å²) in [5.41, 5.74) is 0.535. The first-order chi connectivity index (χ1) is 5.13. The number of aliphatic hydroxyl groups excluding tert-OH is 1. The molecule has 0 aliphatic heterocycles. The zero-order chi connectivity index (χ0) is 8.43. The smallest absolute Gasteiger partial charge is 0.122 e. The van der Waals surface area contributed by atoms with Crippen LogP contribution in [0.2, 0.25) is 0 Å². The maximum atomic E-state index is 9.27. The fourth-order valence-corrected chi connectivity index (χ4v) is 1.63. The van der Waals surface area contributed by atoms with Gasteiger partial charge in [-0.1, -0.05) is 22.0 Å². The molecule has 0 aliphatic rings. The van der Waals surface area contributed by atoms with Crippen molar-refractivity contribution >= 4 is 15.9 Å². The van der Waals surface area contributed by atoms with E-state index in [0.717, 1.165) is 4.47 Å². The third-order valence-corrected chi connectivity index (χ3v) is 2.14. The predicted molar refractivity (Wildman–Crippen MR) is 46.4 cm³/mol. The molecular formula is C8H9BrO2. The molecule has 11 heavy (non-hydrogen) atoms. The van der Waals surface area contributed by atoms with Gasteiger partial charge in [0.1, 0.15) is 5.75 Å². The lowest BCUT2D eigenvalue weighted by Crippen LogP contribution is -1.92. The van der Waals surface area contributed by atoms with Gasteiger partial charge in [-0.25, -0.2) is 0 Å². The lowest BCUT2D eigenvalue weighted by atomic mass is 10.1. The van der Waals surface area contributed by atoms with Crippen LogP contribution in [0, 0.1) is 0 Å². The molecule has 1 atom stereocenters. The van der Waals surface area contributed by atoms with Gasteiger partial charge in [-0.2, -0.15) is 0 Å². The highest BCUT2D eigenvalue weighted by molar-refractivity contribution is 9.10. The van der Waals surface area contributed by atoms with E-state index in [1.165, 1.54) is 0 Å². The Morgan fingerprint density at radius 2 is 2.09 bits per heavy atom. The topological polar surface area (TPSA) is 40.5 Å². The zero-order valence-corrected chi connectivity index (χ0v) is 7.67. The summed E-state index contributed by atoms with van der Waals surface area (Å²) in [6.07, 6.45) is -0.648. The highest BCUT2D eigenvalue weighted by Crippen LogP contribution is 2.30. The Kier molecular flexibility index (Phi) is 2.52. The van der Waals surface area contributed by atoms with Crippen LogP contribution >= 0.6 is 15.9 Å². The van der Waals surface area contributed by atoms with E-state index in [-0.39, 0.29) is 5.75 Å². The summed E-state index contributed by atoms with van der Waals surface area (Å²) in [7, 11) is 0. The fraction of sp³-hybridized carbons (Fsp3) is 0.250. The van der Waals surface area contributed by atoms with Crippen molar-refractivity contribution in [1.29, 1.82) is 0 Å². The van der Waals surface area contributed by atoms with Gasteiger partial charge < -0.3 is 10.2 Å². The summed E-state index contributed by atoms with van der Waals surface area (Å²) in [4.78, 5) is 0. The van der Waals surface area contributed by atoms with Crippen molar-refractivity contribution < 1.29 is 10.2 Å². The quantitative estimate of drug-likeness (QED) is 0.756. The molecule has 0 aliphatic carbocycles. The van der Waals surface area contributed by atoms with E-state index in [4.69, 9.17) is 0 Å². The van der Waals surface area contributed by atoms with Crippen LogP contribution in [0.1, 0.15) is 18.6 Å². The number of halogens is 1. The lowest BCUT2D eigenvalue weighted by Gasteiger charge is -2.08. The Hall–Kier alpha value is -0.540. The summed E-state index contributed by atoms with van der Waals surface area (Å²) >= 11 is 3.23. The second-order valence-electron chi connectivity index (χ2n) is 2.35. The van der Waals surface area contributed by atoms with Crippen molar-refractivity contribution in [2.45, 2.75) is 13.0 Å². The first-order valence-corrected chi connectivity index (χ1v) is 4.07. The summed E-state index contributed by atoms with van der Waals surface area (Å²) in [6.45, 7) is 1.61. The highest BCUT2D eigenvalue weighted by Gasteiger charge is 2.09. The van der Waals surface area contributed by atoms with Crippen molar-refractivity contribution in [1.82, 2.24) is 0 Å². The van der Waals surface area contributed by atoms with Gasteiger partial charge in [0.15, 0.2) is 0 Å². The summed E-state index contributed by atoms with van der Waals surface area (Å²) in [5.74, 6) is 0.120. The molecule has 1 aromatic carbocycles. The molecule has 0 aromatic heterocycles. The van der Waals surface area contributed by atoms with Crippen LogP contribution in [0.25, 0.3) is 0 Å². The van der Waals surface area contributed by atoms with Gasteiger partial charge in [0.2, 0.25) is 0 Å². The standard InChI is InChI=1S/C8H9BrO2/c1-5(10)8-6(9)3-2-4-7(8)11/h2-5,10-11H,1H3/t5-/m0/s1. The number of aromatic hydroxyl groups is 1. The number of benzene rings is 1. The van der Waals surface area contributed by atoms with Gasteiger partial charge in [0, 0.05) is 10.0 Å². The molecule has 2 nitrogen and oxygen atoms in total. The second-order valence-corrected chi connectivity index (χ2v) is 3.20. The van der Waals surface area contributed by atoms with Crippen LogP contribution < -0.4 is 0 Å². The minimum atomic E-state index is -0.648. The van der Waals surface area contributed by atoms with Crippen LogP contribution in [0.15, 0.2) is 22.7 Å². The summed E-state index contributed by atoms with van der Waals surface area (Å²) in [5, 5.41) is 18.5. The molecule has 0 radical (unpaired) electrons. The van der Waals surface area contributed by atoms with E-state index in [1.54, 1.807) is 25.1 Å². The molecule has 0 saturated heterocycles. The van der Waals surface area contributed by atoms with E-state index in [1.807, 2.05) is 0 Å². The first kappa shape index (κ1) is 8.56. The lowest BCUT2D eigenvalue weighted by molar-refractivity contribution is 0.194. The number of rotatable bonds is 1. The predicted octanol–water partition coefficient (Wildman–Crippen LogP) is 2.21. The van der Waals surface area contributed by atoms with Crippen molar-refractivity contribution in [2.24, 2.45) is 0 Å². The zero-order valence-electron chi connectivity index (χ0n) is 6.08. The molecule has 2 N–H and O–H groups in total. The van der Waals surface area contributed by atoms with Crippen LogP contribution in [-0.4, -0.2) is 10.2 Å². The maximum Gasteiger partial charge on any atom is 0.122 e. The average molecular weight is 217 g/mol. The molecule has 0 spiro atoms. The van der Waals surface area contributed by atoms with E-state index >= 15 is 0 Å². The van der Waals surface area contributed by atoms with E-state index in [2.05, 4.69) is 15.9 Å². The van der Waals surface area contributed by atoms with Crippen LogP contribution in [0.4, 0.5) is 0 Å². The molecule has 0 bridgehead atoms. The number of phenols is 1. The highest BCUT2D eigenvalue weighted by atomic mass is 79.9. The first-order valence-electron chi connectivity index (χ1n) is 3.28. The molecule has 0 fully saturated rings. The average Bonchev–Trinajstić information content (AvgIpc) is 1.85. The van der Waals surface area contributed by atoms with Crippen molar-refractivity contribution in [3.05, 3.63) is 28.2 Å². The van der Waals surface area contributed by atoms with Crippen LogP contribution in [-0.2, 0) is 0 Å². The van der Waals surface area contributed by atoms with E-state index in [9.17, 15) is 10.2 Å². The van der Waals surface area contributed by atoms with Crippen LogP contribution in [0.3, 0.4) is 0 Å². The van der Waals surface area contributed by atoms with Gasteiger partial charge in [-0.05, 0) is 19.1 Å². The van der Waals surface area contributed by atoms with Crippen molar-refractivity contribution in [2.75, 3.05) is 0 Å². The molecule has 60 valence electrons. The summed E-state index contributed by atoms with van der Waals surface area (Å²) in [6, 6.07) is 5.04. The minimum Gasteiger partial charge on any atom is -0.508 e. The van der Waals surface area contributed by atoms with Gasteiger partial charge in [-0.15, -0.1) is 0 Å². The number of aliphatic hydroxyl groups is 1. The third kappa shape index (κ3) is 1.73. The van der Waals surface area contributed by atoms with Gasteiger partial charge in [0.05, 0.1) is 6.10 Å². The Morgan fingerprint density at radius 1 is 1.45 bits per heavy atom. The Morgan fingerprint density at radius 3 is 2.45 bits per heavy atom. The van der Waals surface area contributed by atoms with Crippen molar-refractivity contribution in [3.8, 4) is 5.75 Å². The molecule has 0 heterocycles. The van der Waals surface area contributed by atoms with Gasteiger partial charge in [-0.3, -0.25) is 0 Å². The monoisotopic (exact) mass is 216 g/mol. The Labute approximate surface area is 73.6 Å². The Balaban J connectivity index is 3.21. The number of hydrogen-bond donors (Lipinski definition) is 2. The molecule has 1 aromatic rings. The molecule has 3 heteroatoms. The minimum absolute atomic E-state index is 0.120. The largest absolute Gasteiger partial charge is 0.508 e. The number of hydrogen-bond acceptors (Lipinski definition) is 2. The summed E-state index contributed by atoms with van der Waals surface area (Å²) < 4.78 is 0.729. The molecule has 1 rings (SSSR count). The molecule has 0 unspecified atom stereocenters. The van der Waals surface area contributed by atoms with Crippen molar-refractivity contribution in [3.63, 3.8) is 0 Å². The maximum absolute atomic E-state index is 9.27. The molecular weight excluding hydrogens is 208 g/mol. The second kappa shape index (κ2) is 3.24. The van der Waals surface area contributed by atoms with Gasteiger partial charge >= 0.3 is 0 Å². The number of phenolic OH excluding ortho intramolecular Hbond substituents is 1. The van der Waals surface area contributed by atoms with E-state index < -0.39 is 6.10 Å². The SMILES string of the molecule is C[C@H](O)c1c(O)cccc1Br.